The Morgan fingerprint density at radius 1 is 1.53 bits per heavy atom. The largest absolute Gasteiger partial charge is 0.462 e. The van der Waals surface area contributed by atoms with Gasteiger partial charge in [0.2, 0.25) is 5.13 Å². The molecule has 17 heavy (non-hydrogen) atoms. The fraction of sp³-hybridized carbons (Fsp3) is 0.400. The van der Waals surface area contributed by atoms with Crippen molar-refractivity contribution < 1.29 is 9.53 Å². The van der Waals surface area contributed by atoms with E-state index < -0.39 is 0 Å². The van der Waals surface area contributed by atoms with Crippen LogP contribution in [-0.2, 0) is 11.2 Å². The average molecular weight is 252 g/mol. The van der Waals surface area contributed by atoms with Gasteiger partial charge in [0, 0.05) is 24.2 Å². The third kappa shape index (κ3) is 2.50. The number of rotatable bonds is 4. The molecule has 2 aromatic heterocycles. The van der Waals surface area contributed by atoms with E-state index in [2.05, 4.69) is 14.5 Å². The van der Waals surface area contributed by atoms with Crippen molar-refractivity contribution in [1.29, 1.82) is 0 Å². The quantitative estimate of drug-likeness (QED) is 0.770. The lowest BCUT2D eigenvalue weighted by Gasteiger charge is -1.96. The fourth-order valence-corrected chi connectivity index (χ4v) is 1.92. The summed E-state index contributed by atoms with van der Waals surface area (Å²) in [6, 6.07) is 0. The summed E-state index contributed by atoms with van der Waals surface area (Å²) in [6.45, 7) is 4.10. The molecule has 0 N–H and O–H groups in total. The first kappa shape index (κ1) is 11.7. The summed E-state index contributed by atoms with van der Waals surface area (Å²) in [4.78, 5) is 15.7. The molecule has 2 heterocycles. The highest BCUT2D eigenvalue weighted by molar-refractivity contribution is 7.08. The first-order valence-electron chi connectivity index (χ1n) is 5.29. The molecule has 0 amide bonds. The van der Waals surface area contributed by atoms with Crippen molar-refractivity contribution in [3.63, 3.8) is 0 Å². The van der Waals surface area contributed by atoms with Crippen molar-refractivity contribution in [3.8, 4) is 5.13 Å². The lowest BCUT2D eigenvalue weighted by molar-refractivity contribution is 0.0526. The molecule has 90 valence electrons. The molecule has 0 atom stereocenters. The highest BCUT2D eigenvalue weighted by Gasteiger charge is 2.12. The van der Waals surface area contributed by atoms with Crippen LogP contribution in [0.25, 0.3) is 5.13 Å². The third-order valence-electron chi connectivity index (χ3n) is 2.06. The molecular weight excluding hydrogens is 240 g/mol. The molecule has 0 aliphatic heterocycles. The summed E-state index contributed by atoms with van der Waals surface area (Å²) < 4.78 is 10.6. The number of aryl methyl sites for hydroxylation is 1. The molecule has 0 radical (unpaired) electrons. The first-order chi connectivity index (χ1) is 8.24. The minimum atomic E-state index is -0.376. The zero-order chi connectivity index (χ0) is 12.3. The Labute approximate surface area is 102 Å². The van der Waals surface area contributed by atoms with Crippen molar-refractivity contribution in [2.24, 2.45) is 0 Å². The SMILES string of the molecule is CCOC(=O)c1cnn(-c2nc(CC)ns2)c1. The van der Waals surface area contributed by atoms with E-state index in [0.29, 0.717) is 17.3 Å². The van der Waals surface area contributed by atoms with Crippen molar-refractivity contribution in [2.45, 2.75) is 20.3 Å². The molecule has 7 heteroatoms. The van der Waals surface area contributed by atoms with Gasteiger partial charge in [0.15, 0.2) is 0 Å². The monoisotopic (exact) mass is 252 g/mol. The summed E-state index contributed by atoms with van der Waals surface area (Å²) in [6.07, 6.45) is 3.84. The maximum absolute atomic E-state index is 11.4. The summed E-state index contributed by atoms with van der Waals surface area (Å²) >= 11 is 1.25. The zero-order valence-corrected chi connectivity index (χ0v) is 10.4. The van der Waals surface area contributed by atoms with Gasteiger partial charge in [-0.3, -0.25) is 0 Å². The zero-order valence-electron chi connectivity index (χ0n) is 9.58. The first-order valence-corrected chi connectivity index (χ1v) is 6.06. The number of aromatic nitrogens is 4. The topological polar surface area (TPSA) is 69.9 Å². The molecule has 0 spiro atoms. The average Bonchev–Trinajstić information content (AvgIpc) is 2.98. The van der Waals surface area contributed by atoms with Crippen LogP contribution in [0.2, 0.25) is 0 Å². The summed E-state index contributed by atoms with van der Waals surface area (Å²) in [7, 11) is 0. The second kappa shape index (κ2) is 5.05. The molecule has 6 nitrogen and oxygen atoms in total. The Morgan fingerprint density at radius 3 is 3.00 bits per heavy atom. The number of carbonyl (C=O) groups excluding carboxylic acids is 1. The maximum atomic E-state index is 11.4. The van der Waals surface area contributed by atoms with E-state index in [1.165, 1.54) is 22.4 Å². The van der Waals surface area contributed by atoms with E-state index in [4.69, 9.17) is 4.74 Å². The second-order valence-electron chi connectivity index (χ2n) is 3.24. The number of hydrogen-bond acceptors (Lipinski definition) is 6. The summed E-state index contributed by atoms with van der Waals surface area (Å²) in [5.74, 6) is 0.400. The predicted molar refractivity (Wildman–Crippen MR) is 62.4 cm³/mol. The molecule has 0 aliphatic carbocycles. The van der Waals surface area contributed by atoms with E-state index in [0.717, 1.165) is 12.2 Å². The van der Waals surface area contributed by atoms with Gasteiger partial charge in [-0.15, -0.1) is 0 Å². The van der Waals surface area contributed by atoms with Crippen LogP contribution in [-0.4, -0.2) is 31.7 Å². The summed E-state index contributed by atoms with van der Waals surface area (Å²) in [5, 5.41) is 4.71. The fourth-order valence-electron chi connectivity index (χ4n) is 1.23. The standard InChI is InChI=1S/C10H12N4O2S/c1-3-8-12-10(17-13-8)14-6-7(5-11-14)9(15)16-4-2/h5-6H,3-4H2,1-2H3. The Bertz CT molecular complexity index is 520. The van der Waals surface area contributed by atoms with Gasteiger partial charge in [-0.05, 0) is 6.92 Å². The highest BCUT2D eigenvalue weighted by atomic mass is 32.1. The third-order valence-corrected chi connectivity index (χ3v) is 2.81. The van der Waals surface area contributed by atoms with Gasteiger partial charge in [-0.25, -0.2) is 14.5 Å². The van der Waals surface area contributed by atoms with Crippen LogP contribution < -0.4 is 0 Å². The minimum absolute atomic E-state index is 0.350. The molecule has 0 unspecified atom stereocenters. The highest BCUT2D eigenvalue weighted by Crippen LogP contribution is 2.12. The lowest BCUT2D eigenvalue weighted by atomic mass is 10.4. The Kier molecular flexibility index (Phi) is 3.48. The van der Waals surface area contributed by atoms with E-state index in [1.807, 2.05) is 6.92 Å². The Balaban J connectivity index is 2.20. The van der Waals surface area contributed by atoms with Crippen LogP contribution >= 0.6 is 11.5 Å². The van der Waals surface area contributed by atoms with Gasteiger partial charge in [0.25, 0.3) is 0 Å². The molecule has 0 saturated heterocycles. The smallest absolute Gasteiger partial charge is 0.341 e. The van der Waals surface area contributed by atoms with Crippen molar-refractivity contribution in [3.05, 3.63) is 23.8 Å². The molecule has 0 bridgehead atoms. The van der Waals surface area contributed by atoms with Crippen molar-refractivity contribution in [2.75, 3.05) is 6.61 Å². The van der Waals surface area contributed by atoms with E-state index in [9.17, 15) is 4.79 Å². The molecule has 0 aromatic carbocycles. The number of hydrogen-bond donors (Lipinski definition) is 0. The predicted octanol–water partition coefficient (Wildman–Crippen LogP) is 1.46. The molecule has 0 saturated carbocycles. The lowest BCUT2D eigenvalue weighted by Crippen LogP contribution is -2.03. The van der Waals surface area contributed by atoms with Crippen LogP contribution in [0, 0.1) is 0 Å². The van der Waals surface area contributed by atoms with Crippen molar-refractivity contribution >= 4 is 17.5 Å². The van der Waals surface area contributed by atoms with Gasteiger partial charge < -0.3 is 4.74 Å². The van der Waals surface area contributed by atoms with Gasteiger partial charge in [-0.1, -0.05) is 6.92 Å². The van der Waals surface area contributed by atoms with Crippen LogP contribution in [0.5, 0.6) is 0 Å². The van der Waals surface area contributed by atoms with E-state index in [-0.39, 0.29) is 5.97 Å². The maximum Gasteiger partial charge on any atom is 0.341 e. The molecule has 2 aromatic rings. The van der Waals surface area contributed by atoms with Gasteiger partial charge in [-0.2, -0.15) is 9.47 Å². The Morgan fingerprint density at radius 2 is 2.35 bits per heavy atom. The van der Waals surface area contributed by atoms with Crippen LogP contribution in [0.3, 0.4) is 0 Å². The normalized spacial score (nSPS) is 10.5. The molecule has 0 aliphatic rings. The van der Waals surface area contributed by atoms with Gasteiger partial charge >= 0.3 is 5.97 Å². The van der Waals surface area contributed by atoms with E-state index >= 15 is 0 Å². The number of esters is 1. The minimum Gasteiger partial charge on any atom is -0.462 e. The second-order valence-corrected chi connectivity index (χ2v) is 3.97. The number of carbonyl (C=O) groups is 1. The molecule has 0 fully saturated rings. The number of ether oxygens (including phenoxy) is 1. The number of nitrogens with zero attached hydrogens (tertiary/aromatic N) is 4. The van der Waals surface area contributed by atoms with Crippen LogP contribution in [0.1, 0.15) is 30.0 Å². The molecular formula is C10H12N4O2S. The van der Waals surface area contributed by atoms with E-state index in [1.54, 1.807) is 13.1 Å². The molecule has 2 rings (SSSR count). The Hall–Kier alpha value is -1.76. The van der Waals surface area contributed by atoms with Gasteiger partial charge in [0.05, 0.1) is 18.4 Å². The summed E-state index contributed by atoms with van der Waals surface area (Å²) in [5.41, 5.74) is 0.417. The van der Waals surface area contributed by atoms with Gasteiger partial charge in [0.1, 0.15) is 5.82 Å². The van der Waals surface area contributed by atoms with Crippen LogP contribution in [0.4, 0.5) is 0 Å². The van der Waals surface area contributed by atoms with Crippen LogP contribution in [0.15, 0.2) is 12.4 Å². The van der Waals surface area contributed by atoms with Crippen molar-refractivity contribution in [1.82, 2.24) is 19.1 Å².